The van der Waals surface area contributed by atoms with Gasteiger partial charge in [0.25, 0.3) is 0 Å². The van der Waals surface area contributed by atoms with Gasteiger partial charge >= 0.3 is 0 Å². The van der Waals surface area contributed by atoms with E-state index in [2.05, 4.69) is 22.7 Å². The van der Waals surface area contributed by atoms with Crippen LogP contribution in [0.2, 0.25) is 0 Å². The fourth-order valence-corrected chi connectivity index (χ4v) is 1.37. The minimum absolute atomic E-state index is 0.0933. The number of hydrogen-bond acceptors (Lipinski definition) is 3. The van der Waals surface area contributed by atoms with Gasteiger partial charge in [0.05, 0.1) is 6.21 Å². The molecule has 0 aromatic heterocycles. The Bertz CT molecular complexity index is 416. The monoisotopic (exact) mass is 237 g/mol. The summed E-state index contributed by atoms with van der Waals surface area (Å²) in [6.45, 7) is 4.03. The van der Waals surface area contributed by atoms with Crippen LogP contribution in [0, 0.1) is 0 Å². The molecule has 0 saturated heterocycles. The van der Waals surface area contributed by atoms with Gasteiger partial charge in [0.15, 0.2) is 5.11 Å². The molecule has 0 fully saturated rings. The number of rotatable bonds is 3. The number of phenolic OH excluding ortho intramolecular Hbond substituents is 1. The fourth-order valence-electron chi connectivity index (χ4n) is 1.32. The summed E-state index contributed by atoms with van der Waals surface area (Å²) in [6.07, 6.45) is 1.49. The highest BCUT2D eigenvalue weighted by Gasteiger charge is 2.08. The standard InChI is InChI=1S/C11H15N3OS/c1-7(2)9-5-3-4-8(10(9)15)6-13-14-11(12)16/h3-7,15H,1-2H3,(H3,12,14,16). The van der Waals surface area contributed by atoms with Crippen molar-refractivity contribution in [3.05, 3.63) is 29.3 Å². The van der Waals surface area contributed by atoms with Crippen molar-refractivity contribution in [2.75, 3.05) is 0 Å². The molecule has 0 aliphatic carbocycles. The van der Waals surface area contributed by atoms with Crippen molar-refractivity contribution in [2.24, 2.45) is 10.8 Å². The van der Waals surface area contributed by atoms with Crippen LogP contribution in [0.25, 0.3) is 0 Å². The summed E-state index contributed by atoms with van der Waals surface area (Å²) in [7, 11) is 0. The summed E-state index contributed by atoms with van der Waals surface area (Å²) in [5.41, 5.74) is 9.18. The van der Waals surface area contributed by atoms with Crippen LogP contribution in [0.5, 0.6) is 5.75 Å². The van der Waals surface area contributed by atoms with Gasteiger partial charge in [-0.1, -0.05) is 26.0 Å². The van der Waals surface area contributed by atoms with Gasteiger partial charge in [-0.25, -0.2) is 0 Å². The first kappa shape index (κ1) is 12.4. The number of benzene rings is 1. The van der Waals surface area contributed by atoms with Crippen LogP contribution in [-0.4, -0.2) is 16.4 Å². The lowest BCUT2D eigenvalue weighted by molar-refractivity contribution is 0.464. The largest absolute Gasteiger partial charge is 0.507 e. The third-order valence-electron chi connectivity index (χ3n) is 2.10. The number of aromatic hydroxyl groups is 1. The van der Waals surface area contributed by atoms with Crippen molar-refractivity contribution in [1.82, 2.24) is 5.43 Å². The van der Waals surface area contributed by atoms with Crippen molar-refractivity contribution < 1.29 is 5.11 Å². The zero-order chi connectivity index (χ0) is 12.1. The summed E-state index contributed by atoms with van der Waals surface area (Å²) >= 11 is 4.60. The Kier molecular flexibility index (Phi) is 4.25. The van der Waals surface area contributed by atoms with Gasteiger partial charge < -0.3 is 10.8 Å². The number of thiocarbonyl (C=S) groups is 1. The summed E-state index contributed by atoms with van der Waals surface area (Å²) in [5, 5.41) is 13.8. The lowest BCUT2D eigenvalue weighted by atomic mass is 9.99. The van der Waals surface area contributed by atoms with Crippen LogP contribution in [-0.2, 0) is 0 Å². The first-order valence-corrected chi connectivity index (χ1v) is 5.33. The van der Waals surface area contributed by atoms with Crippen molar-refractivity contribution in [3.8, 4) is 5.75 Å². The molecule has 4 N–H and O–H groups in total. The summed E-state index contributed by atoms with van der Waals surface area (Å²) in [5.74, 6) is 0.503. The topological polar surface area (TPSA) is 70.6 Å². The zero-order valence-electron chi connectivity index (χ0n) is 9.27. The first-order valence-electron chi connectivity index (χ1n) is 4.92. The van der Waals surface area contributed by atoms with Crippen LogP contribution in [0.15, 0.2) is 23.3 Å². The second kappa shape index (κ2) is 5.46. The highest BCUT2D eigenvalue weighted by atomic mass is 32.1. The van der Waals surface area contributed by atoms with Crippen molar-refractivity contribution in [2.45, 2.75) is 19.8 Å². The second-order valence-electron chi connectivity index (χ2n) is 3.67. The fraction of sp³-hybridized carbons (Fsp3) is 0.273. The number of hydrazone groups is 1. The quantitative estimate of drug-likeness (QED) is 0.425. The molecule has 1 aromatic rings. The second-order valence-corrected chi connectivity index (χ2v) is 4.11. The molecule has 0 unspecified atom stereocenters. The van der Waals surface area contributed by atoms with E-state index in [4.69, 9.17) is 5.73 Å². The number of nitrogens with one attached hydrogen (secondary N) is 1. The van der Waals surface area contributed by atoms with Crippen LogP contribution in [0.4, 0.5) is 0 Å². The third kappa shape index (κ3) is 3.20. The van der Waals surface area contributed by atoms with Crippen molar-refractivity contribution in [3.63, 3.8) is 0 Å². The molecule has 1 rings (SSSR count). The highest BCUT2D eigenvalue weighted by molar-refractivity contribution is 7.80. The lowest BCUT2D eigenvalue weighted by Crippen LogP contribution is -2.24. The lowest BCUT2D eigenvalue weighted by Gasteiger charge is -2.09. The van der Waals surface area contributed by atoms with E-state index in [0.717, 1.165) is 5.56 Å². The average molecular weight is 237 g/mol. The molecule has 5 heteroatoms. The Labute approximate surface area is 100 Å². The van der Waals surface area contributed by atoms with Gasteiger partial charge in [-0.2, -0.15) is 5.10 Å². The van der Waals surface area contributed by atoms with E-state index in [1.807, 2.05) is 26.0 Å². The number of nitrogens with zero attached hydrogens (tertiary/aromatic N) is 1. The predicted octanol–water partition coefficient (Wildman–Crippen LogP) is 1.68. The Morgan fingerprint density at radius 3 is 2.81 bits per heavy atom. The van der Waals surface area contributed by atoms with Gasteiger partial charge in [-0.3, -0.25) is 5.43 Å². The summed E-state index contributed by atoms with van der Waals surface area (Å²) in [6, 6.07) is 5.53. The van der Waals surface area contributed by atoms with Gasteiger partial charge in [0.2, 0.25) is 0 Å². The highest BCUT2D eigenvalue weighted by Crippen LogP contribution is 2.27. The van der Waals surface area contributed by atoms with Gasteiger partial charge in [0, 0.05) is 5.56 Å². The van der Waals surface area contributed by atoms with Gasteiger partial charge in [0.1, 0.15) is 5.75 Å². The van der Waals surface area contributed by atoms with E-state index in [-0.39, 0.29) is 16.8 Å². The number of nitrogens with two attached hydrogens (primary N) is 1. The van der Waals surface area contributed by atoms with Crippen LogP contribution in [0.1, 0.15) is 30.9 Å². The summed E-state index contributed by atoms with van der Waals surface area (Å²) in [4.78, 5) is 0. The van der Waals surface area contributed by atoms with Gasteiger partial charge in [-0.15, -0.1) is 0 Å². The number of hydrogen-bond donors (Lipinski definition) is 3. The SMILES string of the molecule is CC(C)c1cccc(C=NNC(N)=S)c1O. The van der Waals surface area contributed by atoms with E-state index < -0.39 is 0 Å². The molecule has 4 nitrogen and oxygen atoms in total. The predicted molar refractivity (Wildman–Crippen MR) is 69.7 cm³/mol. The Balaban J connectivity index is 2.93. The molecule has 0 spiro atoms. The molecule has 16 heavy (non-hydrogen) atoms. The van der Waals surface area contributed by atoms with E-state index >= 15 is 0 Å². The first-order chi connectivity index (χ1) is 7.52. The molecular weight excluding hydrogens is 222 g/mol. The molecule has 0 amide bonds. The van der Waals surface area contributed by atoms with Crippen LogP contribution in [0.3, 0.4) is 0 Å². The maximum Gasteiger partial charge on any atom is 0.184 e. The molecule has 0 radical (unpaired) electrons. The minimum atomic E-state index is 0.0933. The van der Waals surface area contributed by atoms with E-state index in [1.165, 1.54) is 6.21 Å². The maximum absolute atomic E-state index is 9.94. The zero-order valence-corrected chi connectivity index (χ0v) is 10.1. The van der Waals surface area contributed by atoms with E-state index in [0.29, 0.717) is 5.56 Å². The average Bonchev–Trinajstić information content (AvgIpc) is 2.19. The Morgan fingerprint density at radius 2 is 2.25 bits per heavy atom. The minimum Gasteiger partial charge on any atom is -0.507 e. The molecule has 0 atom stereocenters. The smallest absolute Gasteiger partial charge is 0.184 e. The molecule has 0 aliphatic heterocycles. The van der Waals surface area contributed by atoms with Gasteiger partial charge in [-0.05, 0) is 29.8 Å². The molecule has 0 heterocycles. The molecule has 0 saturated carbocycles. The molecule has 1 aromatic carbocycles. The molecule has 0 bridgehead atoms. The Hall–Kier alpha value is -1.62. The molecule has 0 aliphatic rings. The normalized spacial score (nSPS) is 10.9. The van der Waals surface area contributed by atoms with Crippen LogP contribution >= 0.6 is 12.2 Å². The van der Waals surface area contributed by atoms with Crippen LogP contribution < -0.4 is 11.2 Å². The van der Waals surface area contributed by atoms with Crippen molar-refractivity contribution >= 4 is 23.5 Å². The molecule has 86 valence electrons. The van der Waals surface area contributed by atoms with Crippen molar-refractivity contribution in [1.29, 1.82) is 0 Å². The van der Waals surface area contributed by atoms with E-state index in [1.54, 1.807) is 6.07 Å². The number of para-hydroxylation sites is 1. The third-order valence-corrected chi connectivity index (χ3v) is 2.19. The molecular formula is C11H15N3OS. The number of phenols is 1. The Morgan fingerprint density at radius 1 is 1.56 bits per heavy atom. The van der Waals surface area contributed by atoms with E-state index in [9.17, 15) is 5.11 Å². The maximum atomic E-state index is 9.94. The summed E-state index contributed by atoms with van der Waals surface area (Å²) < 4.78 is 0.